The van der Waals surface area contributed by atoms with Gasteiger partial charge in [0.25, 0.3) is 20.2 Å². The van der Waals surface area contributed by atoms with Crippen molar-refractivity contribution in [3.05, 3.63) is 96.6 Å². The van der Waals surface area contributed by atoms with Crippen LogP contribution in [-0.4, -0.2) is 36.2 Å². The van der Waals surface area contributed by atoms with Gasteiger partial charge in [0.15, 0.2) is 34.5 Å². The van der Waals surface area contributed by atoms with E-state index in [2.05, 4.69) is 20.5 Å². The zero-order chi connectivity index (χ0) is 36.1. The van der Waals surface area contributed by atoms with Crippen molar-refractivity contribution in [3.8, 4) is 22.6 Å². The van der Waals surface area contributed by atoms with E-state index in [0.717, 1.165) is 12.1 Å². The van der Waals surface area contributed by atoms with Gasteiger partial charge < -0.3 is 21.7 Å². The zero-order valence-corrected chi connectivity index (χ0v) is 26.7. The average molecular weight is 721 g/mol. The number of hydrogen-bond acceptors (Lipinski definition) is 12. The number of phenols is 2. The Hall–Kier alpha value is -6.08. The lowest BCUT2D eigenvalue weighted by Crippen LogP contribution is -2.02. The number of aromatic hydroxyl groups is 2. The summed E-state index contributed by atoms with van der Waals surface area (Å²) in [6.45, 7) is 0. The summed E-state index contributed by atoms with van der Waals surface area (Å²) in [5.41, 5.74) is 10.4. The number of halogens is 2. The molecule has 6 aromatic rings. The van der Waals surface area contributed by atoms with Crippen molar-refractivity contribution in [2.45, 2.75) is 9.79 Å². The molecule has 50 heavy (non-hydrogen) atoms. The van der Waals surface area contributed by atoms with Gasteiger partial charge in [-0.3, -0.25) is 9.11 Å². The van der Waals surface area contributed by atoms with Crippen molar-refractivity contribution in [1.82, 2.24) is 0 Å². The summed E-state index contributed by atoms with van der Waals surface area (Å²) in [5, 5.41) is 36.4. The number of nitrogens with two attached hydrogens (primary N) is 2. The standard InChI is InChI=1S/C32H22F2N6O8S2/c33-21-13-15(9-11-23(21)37-39-27-25(35)17-5-1-3-7-19(17)31(29(27)41)49(43,44)45)16-10-12-24(22(34)14-16)38-40-28-26(36)18-6-2-4-8-20(18)32(30(28)42)50(46,47)48/h1-14,41-42H,35-36H2,(H,43,44,45)(H,46,47,48). The first-order valence-electron chi connectivity index (χ1n) is 14.0. The topological polar surface area (TPSA) is 251 Å². The van der Waals surface area contributed by atoms with Crippen molar-refractivity contribution in [2.24, 2.45) is 20.5 Å². The van der Waals surface area contributed by atoms with Gasteiger partial charge in [-0.05, 0) is 35.4 Å². The molecular formula is C32H22F2N6O8S2. The summed E-state index contributed by atoms with van der Waals surface area (Å²) in [7, 11) is -9.89. The largest absolute Gasteiger partial charge is 0.504 e. The molecule has 18 heteroatoms. The van der Waals surface area contributed by atoms with Crippen LogP contribution in [-0.2, 0) is 20.2 Å². The Morgan fingerprint density at radius 3 is 1.18 bits per heavy atom. The van der Waals surface area contributed by atoms with Gasteiger partial charge in [0.2, 0.25) is 0 Å². The molecule has 6 rings (SSSR count). The van der Waals surface area contributed by atoms with E-state index in [1.54, 1.807) is 0 Å². The van der Waals surface area contributed by atoms with Gasteiger partial charge >= 0.3 is 0 Å². The fraction of sp³-hybridized carbons (Fsp3) is 0. The number of fused-ring (bicyclic) bond motifs is 2. The van der Waals surface area contributed by atoms with Crippen LogP contribution >= 0.6 is 0 Å². The van der Waals surface area contributed by atoms with Crippen LogP contribution in [0, 0.1) is 11.6 Å². The Labute approximate surface area is 281 Å². The quantitative estimate of drug-likeness (QED) is 0.0529. The van der Waals surface area contributed by atoms with Gasteiger partial charge in [-0.2, -0.15) is 16.8 Å². The molecule has 0 aliphatic carbocycles. The maximum absolute atomic E-state index is 15.1. The summed E-state index contributed by atoms with van der Waals surface area (Å²) < 4.78 is 97.9. The molecule has 0 aliphatic rings. The van der Waals surface area contributed by atoms with E-state index in [1.165, 1.54) is 72.8 Å². The number of benzene rings is 6. The highest BCUT2D eigenvalue weighted by atomic mass is 32.2. The first kappa shape index (κ1) is 33.8. The molecule has 0 heterocycles. The van der Waals surface area contributed by atoms with Crippen molar-refractivity contribution in [3.63, 3.8) is 0 Å². The van der Waals surface area contributed by atoms with Gasteiger partial charge in [-0.15, -0.1) is 20.5 Å². The Kier molecular flexibility index (Phi) is 8.40. The molecule has 0 bridgehead atoms. The van der Waals surface area contributed by atoms with Gasteiger partial charge in [0.1, 0.15) is 21.2 Å². The van der Waals surface area contributed by atoms with E-state index in [-0.39, 0.29) is 55.4 Å². The molecule has 0 radical (unpaired) electrons. The van der Waals surface area contributed by atoms with Crippen LogP contribution in [0.3, 0.4) is 0 Å². The molecule has 14 nitrogen and oxygen atoms in total. The van der Waals surface area contributed by atoms with Crippen molar-refractivity contribution in [1.29, 1.82) is 0 Å². The molecule has 0 saturated carbocycles. The van der Waals surface area contributed by atoms with Crippen LogP contribution in [0.1, 0.15) is 0 Å². The molecule has 8 N–H and O–H groups in total. The van der Waals surface area contributed by atoms with Gasteiger partial charge in [-0.1, -0.05) is 60.7 Å². The van der Waals surface area contributed by atoms with Crippen LogP contribution in [0.15, 0.2) is 115 Å². The number of anilines is 2. The van der Waals surface area contributed by atoms with Gasteiger partial charge in [0, 0.05) is 21.5 Å². The summed E-state index contributed by atoms with van der Waals surface area (Å²) in [4.78, 5) is -1.70. The second kappa shape index (κ2) is 12.4. The Morgan fingerprint density at radius 2 is 0.860 bits per heavy atom. The molecule has 0 atom stereocenters. The molecule has 0 fully saturated rings. The zero-order valence-electron chi connectivity index (χ0n) is 25.0. The SMILES string of the molecule is Nc1c(N=Nc2ccc(-c3ccc(N=Nc4c(O)c(S(=O)(=O)O)c5ccccc5c4N)c(F)c3)cc2F)c(O)c(S(=O)(=O)O)c2ccccc12. The summed E-state index contributed by atoms with van der Waals surface area (Å²) in [6.07, 6.45) is 0. The van der Waals surface area contributed by atoms with Gasteiger partial charge in [0.05, 0.1) is 11.4 Å². The monoisotopic (exact) mass is 720 g/mol. The average Bonchev–Trinajstić information content (AvgIpc) is 3.04. The van der Waals surface area contributed by atoms with Gasteiger partial charge in [-0.25, -0.2) is 8.78 Å². The lowest BCUT2D eigenvalue weighted by atomic mass is 10.0. The minimum absolute atomic E-state index is 0.0681. The smallest absolute Gasteiger partial charge is 0.298 e. The molecule has 254 valence electrons. The number of nitrogen functional groups attached to an aromatic ring is 2. The van der Waals surface area contributed by atoms with E-state index < -0.39 is 64.5 Å². The Morgan fingerprint density at radius 1 is 0.520 bits per heavy atom. The number of phenolic OH excluding ortho intramolecular Hbond substituents is 2. The van der Waals surface area contributed by atoms with Crippen molar-refractivity contribution in [2.75, 3.05) is 11.5 Å². The summed E-state index contributed by atoms with van der Waals surface area (Å²) >= 11 is 0. The number of rotatable bonds is 7. The van der Waals surface area contributed by atoms with Crippen molar-refractivity contribution < 1.29 is 44.9 Å². The highest BCUT2D eigenvalue weighted by molar-refractivity contribution is 7.86. The first-order valence-corrected chi connectivity index (χ1v) is 16.9. The highest BCUT2D eigenvalue weighted by Gasteiger charge is 2.27. The summed E-state index contributed by atoms with van der Waals surface area (Å²) in [6, 6.07) is 18.6. The van der Waals surface area contributed by atoms with E-state index in [0.29, 0.717) is 0 Å². The Balaban J connectivity index is 1.31. The molecule has 0 unspecified atom stereocenters. The summed E-state index contributed by atoms with van der Waals surface area (Å²) in [5.74, 6) is -3.87. The third kappa shape index (κ3) is 6.03. The predicted molar refractivity (Wildman–Crippen MR) is 180 cm³/mol. The fourth-order valence-corrected chi connectivity index (χ4v) is 6.87. The van der Waals surface area contributed by atoms with E-state index in [1.807, 2.05) is 0 Å². The minimum Gasteiger partial charge on any atom is -0.504 e. The van der Waals surface area contributed by atoms with Crippen LogP contribution in [0.25, 0.3) is 32.7 Å². The minimum atomic E-state index is -4.94. The highest BCUT2D eigenvalue weighted by Crippen LogP contribution is 2.47. The van der Waals surface area contributed by atoms with E-state index >= 15 is 8.78 Å². The molecule has 0 amide bonds. The molecule has 6 aromatic carbocycles. The van der Waals surface area contributed by atoms with Crippen LogP contribution < -0.4 is 11.5 Å². The van der Waals surface area contributed by atoms with Crippen LogP contribution in [0.4, 0.5) is 42.9 Å². The van der Waals surface area contributed by atoms with Crippen LogP contribution in [0.2, 0.25) is 0 Å². The lowest BCUT2D eigenvalue weighted by Gasteiger charge is -2.12. The maximum atomic E-state index is 15.1. The molecule has 0 saturated heterocycles. The normalized spacial score (nSPS) is 12.5. The molecular weight excluding hydrogens is 699 g/mol. The second-order valence-electron chi connectivity index (χ2n) is 10.7. The third-order valence-electron chi connectivity index (χ3n) is 7.57. The van der Waals surface area contributed by atoms with Crippen LogP contribution in [0.5, 0.6) is 11.5 Å². The lowest BCUT2D eigenvalue weighted by molar-refractivity contribution is 0.444. The predicted octanol–water partition coefficient (Wildman–Crippen LogP) is 7.84. The van der Waals surface area contributed by atoms with E-state index in [9.17, 15) is 36.2 Å². The molecule has 0 aliphatic heterocycles. The third-order valence-corrected chi connectivity index (χ3v) is 9.43. The Bertz CT molecular complexity index is 2500. The molecule has 0 spiro atoms. The maximum Gasteiger partial charge on any atom is 0.298 e. The first-order chi connectivity index (χ1) is 23.6. The number of nitrogens with zero attached hydrogens (tertiary/aromatic N) is 4. The van der Waals surface area contributed by atoms with Crippen molar-refractivity contribution >= 4 is 75.9 Å². The van der Waals surface area contributed by atoms with E-state index in [4.69, 9.17) is 11.5 Å². The molecule has 0 aromatic heterocycles. The number of azo groups is 2. The fourth-order valence-electron chi connectivity index (χ4n) is 5.28. The number of hydrogen-bond donors (Lipinski definition) is 6. The second-order valence-corrected chi connectivity index (χ2v) is 13.4.